The molecule has 1 saturated heterocycles. The second-order valence-electron chi connectivity index (χ2n) is 6.51. The fourth-order valence-electron chi connectivity index (χ4n) is 3.04. The minimum Gasteiger partial charge on any atom is -0.478 e. The van der Waals surface area contributed by atoms with Crippen LogP contribution in [0.15, 0.2) is 47.0 Å². The minimum absolute atomic E-state index is 0.0455. The number of halogens is 1. The molecule has 1 fully saturated rings. The van der Waals surface area contributed by atoms with Crippen LogP contribution in [-0.2, 0) is 11.3 Å². The van der Waals surface area contributed by atoms with Gasteiger partial charge in [0.25, 0.3) is 0 Å². The van der Waals surface area contributed by atoms with Gasteiger partial charge in [0, 0.05) is 11.6 Å². The standard InChI is InChI=1S/C19H22ClNO3/c1-5-15(20)10-16-12(2)21(18(24)19(16,3)4)11-13-6-8-14(9-7-13)17(22)23/h5-10,12H,11H2,1-4H3,(H,22,23)/b15-5+,16-10+. The highest BCUT2D eigenvalue weighted by molar-refractivity contribution is 6.31. The van der Waals surface area contributed by atoms with E-state index >= 15 is 0 Å². The lowest BCUT2D eigenvalue weighted by Gasteiger charge is -2.22. The molecule has 1 amide bonds. The van der Waals surface area contributed by atoms with Crippen molar-refractivity contribution in [2.24, 2.45) is 5.41 Å². The molecule has 0 radical (unpaired) electrons. The van der Waals surface area contributed by atoms with Gasteiger partial charge in [0.2, 0.25) is 5.91 Å². The maximum Gasteiger partial charge on any atom is 0.335 e. The first-order valence-electron chi connectivity index (χ1n) is 7.85. The van der Waals surface area contributed by atoms with E-state index in [0.717, 1.165) is 11.1 Å². The summed E-state index contributed by atoms with van der Waals surface area (Å²) in [7, 11) is 0. The van der Waals surface area contributed by atoms with Gasteiger partial charge >= 0.3 is 5.97 Å². The van der Waals surface area contributed by atoms with Crippen molar-refractivity contribution in [1.29, 1.82) is 0 Å². The van der Waals surface area contributed by atoms with Gasteiger partial charge in [0.1, 0.15) is 0 Å². The van der Waals surface area contributed by atoms with Gasteiger partial charge < -0.3 is 10.0 Å². The van der Waals surface area contributed by atoms with E-state index in [1.807, 2.05) is 33.8 Å². The van der Waals surface area contributed by atoms with Crippen LogP contribution in [0.25, 0.3) is 0 Å². The summed E-state index contributed by atoms with van der Waals surface area (Å²) in [5.41, 5.74) is 1.51. The van der Waals surface area contributed by atoms with Crippen LogP contribution >= 0.6 is 11.6 Å². The molecule has 5 heteroatoms. The van der Waals surface area contributed by atoms with Gasteiger partial charge in [-0.25, -0.2) is 4.79 Å². The zero-order valence-electron chi connectivity index (χ0n) is 14.3. The molecule has 0 aromatic heterocycles. The van der Waals surface area contributed by atoms with Gasteiger partial charge in [-0.05, 0) is 57.0 Å². The van der Waals surface area contributed by atoms with Gasteiger partial charge in [0.05, 0.1) is 17.0 Å². The predicted octanol–water partition coefficient (Wildman–Crippen LogP) is 4.21. The summed E-state index contributed by atoms with van der Waals surface area (Å²) in [5, 5.41) is 9.58. The number of hydrogen-bond acceptors (Lipinski definition) is 2. The third-order valence-electron chi connectivity index (χ3n) is 4.56. The van der Waals surface area contributed by atoms with Crippen LogP contribution in [0.4, 0.5) is 0 Å². The van der Waals surface area contributed by atoms with Crippen molar-refractivity contribution in [3.05, 3.63) is 58.1 Å². The summed E-state index contributed by atoms with van der Waals surface area (Å²) in [6.07, 6.45) is 3.67. The van der Waals surface area contributed by atoms with Crippen molar-refractivity contribution in [2.75, 3.05) is 0 Å². The van der Waals surface area contributed by atoms with Gasteiger partial charge in [-0.2, -0.15) is 0 Å². The van der Waals surface area contributed by atoms with Gasteiger partial charge in [-0.15, -0.1) is 0 Å². The Morgan fingerprint density at radius 3 is 2.42 bits per heavy atom. The van der Waals surface area contributed by atoms with Crippen LogP contribution in [-0.4, -0.2) is 27.9 Å². The third-order valence-corrected chi connectivity index (χ3v) is 4.89. The van der Waals surface area contributed by atoms with E-state index in [4.69, 9.17) is 16.7 Å². The first kappa shape index (κ1) is 18.3. The van der Waals surface area contributed by atoms with E-state index in [2.05, 4.69) is 0 Å². The van der Waals surface area contributed by atoms with Crippen molar-refractivity contribution in [1.82, 2.24) is 4.90 Å². The number of aromatic carboxylic acids is 1. The van der Waals surface area contributed by atoms with Gasteiger partial charge in [-0.3, -0.25) is 4.79 Å². The van der Waals surface area contributed by atoms with E-state index in [-0.39, 0.29) is 17.5 Å². The Balaban J connectivity index is 2.29. The normalized spacial score (nSPS) is 22.3. The lowest BCUT2D eigenvalue weighted by molar-refractivity contribution is -0.135. The van der Waals surface area contributed by atoms with Crippen LogP contribution in [0.5, 0.6) is 0 Å². The van der Waals surface area contributed by atoms with Crippen LogP contribution < -0.4 is 0 Å². The average molecular weight is 348 g/mol. The van der Waals surface area contributed by atoms with E-state index in [9.17, 15) is 9.59 Å². The van der Waals surface area contributed by atoms with Crippen LogP contribution in [0, 0.1) is 5.41 Å². The molecule has 0 aliphatic carbocycles. The Labute approximate surface area is 147 Å². The van der Waals surface area contributed by atoms with E-state index in [1.54, 1.807) is 35.2 Å². The Hall–Kier alpha value is -2.07. The number of carboxylic acid groups (broad SMARTS) is 1. The van der Waals surface area contributed by atoms with Crippen molar-refractivity contribution in [2.45, 2.75) is 40.3 Å². The summed E-state index contributed by atoms with van der Waals surface area (Å²) in [4.78, 5) is 25.6. The summed E-state index contributed by atoms with van der Waals surface area (Å²) >= 11 is 6.14. The Bertz CT molecular complexity index is 717. The lowest BCUT2D eigenvalue weighted by Crippen LogP contribution is -2.33. The highest BCUT2D eigenvalue weighted by atomic mass is 35.5. The summed E-state index contributed by atoms with van der Waals surface area (Å²) in [5.74, 6) is -0.913. The molecule has 1 aliphatic heterocycles. The van der Waals surface area contributed by atoms with E-state index in [1.165, 1.54) is 0 Å². The number of benzene rings is 1. The maximum atomic E-state index is 12.8. The number of likely N-dealkylation sites (tertiary alicyclic amines) is 1. The SMILES string of the molecule is C/C=C(Cl)\C=C1/C(C)N(Cc2ccc(C(=O)O)cc2)C(=O)C1(C)C. The Morgan fingerprint density at radius 1 is 1.33 bits per heavy atom. The quantitative estimate of drug-likeness (QED) is 0.887. The fraction of sp³-hybridized carbons (Fsp3) is 0.368. The number of allylic oxidation sites excluding steroid dienone is 3. The molecule has 1 aromatic rings. The molecular weight excluding hydrogens is 326 g/mol. The summed E-state index contributed by atoms with van der Waals surface area (Å²) in [6, 6.07) is 6.54. The predicted molar refractivity (Wildman–Crippen MR) is 94.9 cm³/mol. The molecule has 0 spiro atoms. The molecule has 1 heterocycles. The van der Waals surface area contributed by atoms with E-state index < -0.39 is 11.4 Å². The van der Waals surface area contributed by atoms with Crippen LogP contribution in [0.1, 0.15) is 43.6 Å². The number of hydrogen-bond donors (Lipinski definition) is 1. The zero-order chi connectivity index (χ0) is 18.1. The molecule has 1 N–H and O–H groups in total. The molecule has 4 nitrogen and oxygen atoms in total. The minimum atomic E-state index is -0.959. The largest absolute Gasteiger partial charge is 0.478 e. The molecule has 1 atom stereocenters. The molecule has 0 bridgehead atoms. The molecule has 24 heavy (non-hydrogen) atoms. The van der Waals surface area contributed by atoms with Crippen molar-refractivity contribution in [3.63, 3.8) is 0 Å². The molecule has 1 aliphatic rings. The fourth-order valence-corrected chi connectivity index (χ4v) is 3.16. The average Bonchev–Trinajstić information content (AvgIpc) is 2.69. The Kier molecular flexibility index (Phi) is 5.19. The molecule has 1 aromatic carbocycles. The van der Waals surface area contributed by atoms with Crippen molar-refractivity contribution >= 4 is 23.5 Å². The zero-order valence-corrected chi connectivity index (χ0v) is 15.1. The van der Waals surface area contributed by atoms with Crippen LogP contribution in [0.3, 0.4) is 0 Å². The highest BCUT2D eigenvalue weighted by Gasteiger charge is 2.47. The van der Waals surface area contributed by atoms with Crippen molar-refractivity contribution in [3.8, 4) is 0 Å². The highest BCUT2D eigenvalue weighted by Crippen LogP contribution is 2.42. The number of carbonyl (C=O) groups is 2. The number of nitrogens with zero attached hydrogens (tertiary/aromatic N) is 1. The number of rotatable bonds is 4. The molecule has 128 valence electrons. The molecule has 0 saturated carbocycles. The number of amides is 1. The lowest BCUT2D eigenvalue weighted by atomic mass is 9.84. The second kappa shape index (κ2) is 6.81. The van der Waals surface area contributed by atoms with Crippen LogP contribution in [0.2, 0.25) is 0 Å². The first-order chi connectivity index (χ1) is 11.2. The smallest absolute Gasteiger partial charge is 0.335 e. The van der Waals surface area contributed by atoms with Crippen molar-refractivity contribution < 1.29 is 14.7 Å². The number of carboxylic acids is 1. The number of carbonyl (C=O) groups excluding carboxylic acids is 1. The maximum absolute atomic E-state index is 12.8. The van der Waals surface area contributed by atoms with Gasteiger partial charge in [0.15, 0.2) is 0 Å². The topological polar surface area (TPSA) is 57.6 Å². The second-order valence-corrected chi connectivity index (χ2v) is 6.95. The first-order valence-corrected chi connectivity index (χ1v) is 8.23. The van der Waals surface area contributed by atoms with Gasteiger partial charge in [-0.1, -0.05) is 29.8 Å². The molecular formula is C19H22ClNO3. The summed E-state index contributed by atoms with van der Waals surface area (Å²) in [6.45, 7) is 8.10. The molecule has 2 rings (SSSR count). The third kappa shape index (κ3) is 3.39. The molecule has 1 unspecified atom stereocenters. The van der Waals surface area contributed by atoms with E-state index in [0.29, 0.717) is 11.6 Å². The monoisotopic (exact) mass is 347 g/mol. The Morgan fingerprint density at radius 2 is 1.92 bits per heavy atom. The summed E-state index contributed by atoms with van der Waals surface area (Å²) < 4.78 is 0.